The summed E-state index contributed by atoms with van der Waals surface area (Å²) < 4.78 is 4.91. The number of carbonyl (C=O) groups is 1. The van der Waals surface area contributed by atoms with Crippen LogP contribution < -0.4 is 0 Å². The van der Waals surface area contributed by atoms with Crippen molar-refractivity contribution in [3.8, 4) is 0 Å². The highest BCUT2D eigenvalue weighted by molar-refractivity contribution is 7.11. The number of aliphatic hydroxyl groups is 1. The lowest BCUT2D eigenvalue weighted by molar-refractivity contribution is 0.0525. The Balaban J connectivity index is 2.34. The summed E-state index contributed by atoms with van der Waals surface area (Å²) in [6, 6.07) is 0. The molecule has 19 heavy (non-hydrogen) atoms. The van der Waals surface area contributed by atoms with E-state index in [1.165, 1.54) is 11.3 Å². The molecule has 6 heteroatoms. The van der Waals surface area contributed by atoms with Crippen molar-refractivity contribution in [2.75, 3.05) is 26.8 Å². The molecule has 0 saturated heterocycles. The third kappa shape index (κ3) is 6.13. The summed E-state index contributed by atoms with van der Waals surface area (Å²) in [5.74, 6) is -0.343. The Morgan fingerprint density at radius 1 is 1.47 bits per heavy atom. The van der Waals surface area contributed by atoms with Gasteiger partial charge in [-0.15, -0.1) is 11.3 Å². The average Bonchev–Trinajstić information content (AvgIpc) is 2.83. The number of hydrogen-bond acceptors (Lipinski definition) is 6. The number of hydrogen-bond donors (Lipinski definition) is 1. The number of esters is 1. The van der Waals surface area contributed by atoms with E-state index in [0.717, 1.165) is 38.0 Å². The minimum absolute atomic E-state index is 0.263. The van der Waals surface area contributed by atoms with Gasteiger partial charge in [-0.05, 0) is 39.8 Å². The van der Waals surface area contributed by atoms with Crippen LogP contribution in [0.3, 0.4) is 0 Å². The standard InChI is InChI=1S/C13H22N2O3S/c1-3-18-13(17)12-14-11(10-19-12)9-15(2)7-5-4-6-8-16/h10,16H,3-9H2,1-2H3. The van der Waals surface area contributed by atoms with Crippen LogP contribution in [0.5, 0.6) is 0 Å². The predicted octanol–water partition coefficient (Wildman–Crippen LogP) is 1.91. The summed E-state index contributed by atoms with van der Waals surface area (Å²) in [5.41, 5.74) is 0.901. The summed E-state index contributed by atoms with van der Waals surface area (Å²) in [4.78, 5) is 17.9. The van der Waals surface area contributed by atoms with Gasteiger partial charge in [0.2, 0.25) is 5.01 Å². The minimum Gasteiger partial charge on any atom is -0.461 e. The van der Waals surface area contributed by atoms with Crippen LogP contribution in [0, 0.1) is 0 Å². The topological polar surface area (TPSA) is 62.7 Å². The highest BCUT2D eigenvalue weighted by Gasteiger charge is 2.12. The predicted molar refractivity (Wildman–Crippen MR) is 75.3 cm³/mol. The van der Waals surface area contributed by atoms with Crippen molar-refractivity contribution < 1.29 is 14.6 Å². The van der Waals surface area contributed by atoms with Crippen LogP contribution in [0.15, 0.2) is 5.38 Å². The highest BCUT2D eigenvalue weighted by Crippen LogP contribution is 2.13. The lowest BCUT2D eigenvalue weighted by atomic mass is 10.2. The number of thiazole rings is 1. The maximum Gasteiger partial charge on any atom is 0.367 e. The minimum atomic E-state index is -0.343. The molecule has 1 aromatic heterocycles. The van der Waals surface area contributed by atoms with Crippen molar-refractivity contribution in [3.63, 3.8) is 0 Å². The molecular formula is C13H22N2O3S. The van der Waals surface area contributed by atoms with E-state index in [-0.39, 0.29) is 12.6 Å². The van der Waals surface area contributed by atoms with E-state index in [2.05, 4.69) is 9.88 Å². The third-order valence-corrected chi connectivity index (χ3v) is 3.50. The van der Waals surface area contributed by atoms with Gasteiger partial charge in [0.1, 0.15) is 0 Å². The van der Waals surface area contributed by atoms with Crippen LogP contribution in [0.2, 0.25) is 0 Å². The molecule has 0 amide bonds. The van der Waals surface area contributed by atoms with Crippen LogP contribution in [-0.2, 0) is 11.3 Å². The van der Waals surface area contributed by atoms with Gasteiger partial charge in [0.15, 0.2) is 0 Å². The van der Waals surface area contributed by atoms with Crippen LogP contribution in [0.25, 0.3) is 0 Å². The molecule has 0 unspecified atom stereocenters. The fourth-order valence-corrected chi connectivity index (χ4v) is 2.39. The first-order chi connectivity index (χ1) is 9.17. The van der Waals surface area contributed by atoms with Gasteiger partial charge in [0, 0.05) is 18.5 Å². The average molecular weight is 286 g/mol. The Labute approximate surface area is 118 Å². The fourth-order valence-electron chi connectivity index (χ4n) is 1.69. The SMILES string of the molecule is CCOC(=O)c1nc(CN(C)CCCCCO)cs1. The van der Waals surface area contributed by atoms with Crippen molar-refractivity contribution in [1.82, 2.24) is 9.88 Å². The largest absolute Gasteiger partial charge is 0.461 e. The smallest absolute Gasteiger partial charge is 0.367 e. The second-order valence-corrected chi connectivity index (χ2v) is 5.24. The lowest BCUT2D eigenvalue weighted by Gasteiger charge is -2.14. The number of unbranched alkanes of at least 4 members (excludes halogenated alkanes) is 2. The normalized spacial score (nSPS) is 10.9. The lowest BCUT2D eigenvalue weighted by Crippen LogP contribution is -2.19. The molecule has 0 aliphatic heterocycles. The first-order valence-electron chi connectivity index (χ1n) is 6.58. The van der Waals surface area contributed by atoms with Crippen LogP contribution in [0.1, 0.15) is 41.7 Å². The summed E-state index contributed by atoms with van der Waals surface area (Å²) >= 11 is 1.33. The molecular weight excluding hydrogens is 264 g/mol. The molecule has 5 nitrogen and oxygen atoms in total. The number of aromatic nitrogens is 1. The zero-order valence-electron chi connectivity index (χ0n) is 11.6. The van der Waals surface area contributed by atoms with Crippen molar-refractivity contribution in [2.45, 2.75) is 32.7 Å². The maximum atomic E-state index is 11.5. The van der Waals surface area contributed by atoms with Gasteiger partial charge in [0.05, 0.1) is 12.3 Å². The van der Waals surface area contributed by atoms with Gasteiger partial charge in [-0.2, -0.15) is 0 Å². The van der Waals surface area contributed by atoms with Crippen molar-refractivity contribution in [3.05, 3.63) is 16.1 Å². The maximum absolute atomic E-state index is 11.5. The van der Waals surface area contributed by atoms with E-state index in [9.17, 15) is 4.79 Å². The third-order valence-electron chi connectivity index (χ3n) is 2.63. The van der Waals surface area contributed by atoms with E-state index in [4.69, 9.17) is 9.84 Å². The monoisotopic (exact) mass is 286 g/mol. The first-order valence-corrected chi connectivity index (χ1v) is 7.46. The van der Waals surface area contributed by atoms with Crippen molar-refractivity contribution in [2.24, 2.45) is 0 Å². The first kappa shape index (κ1) is 16.1. The van der Waals surface area contributed by atoms with Crippen LogP contribution in [-0.4, -0.2) is 47.8 Å². The zero-order chi connectivity index (χ0) is 14.1. The van der Waals surface area contributed by atoms with Crippen molar-refractivity contribution >= 4 is 17.3 Å². The molecule has 1 heterocycles. The Bertz CT molecular complexity index is 382. The van der Waals surface area contributed by atoms with Crippen molar-refractivity contribution in [1.29, 1.82) is 0 Å². The Kier molecular flexibility index (Phi) is 7.62. The molecule has 1 aromatic rings. The molecule has 0 bridgehead atoms. The Morgan fingerprint density at radius 2 is 2.26 bits per heavy atom. The molecule has 0 radical (unpaired) electrons. The quantitative estimate of drug-likeness (QED) is 0.555. The summed E-state index contributed by atoms with van der Waals surface area (Å²) in [5, 5.41) is 11.0. The molecule has 0 fully saturated rings. The molecule has 0 aliphatic rings. The molecule has 1 N–H and O–H groups in total. The van der Waals surface area contributed by atoms with Gasteiger partial charge in [0.25, 0.3) is 0 Å². The van der Waals surface area contributed by atoms with E-state index >= 15 is 0 Å². The molecule has 0 saturated carbocycles. The fraction of sp³-hybridized carbons (Fsp3) is 0.692. The summed E-state index contributed by atoms with van der Waals surface area (Å²) in [6.07, 6.45) is 2.95. The molecule has 0 spiro atoms. The van der Waals surface area contributed by atoms with Crippen LogP contribution in [0.4, 0.5) is 0 Å². The second-order valence-electron chi connectivity index (χ2n) is 4.39. The molecule has 0 aromatic carbocycles. The highest BCUT2D eigenvalue weighted by atomic mass is 32.1. The summed E-state index contributed by atoms with van der Waals surface area (Å²) in [7, 11) is 2.03. The van der Waals surface area contributed by atoms with E-state index in [0.29, 0.717) is 11.6 Å². The van der Waals surface area contributed by atoms with Crippen LogP contribution >= 0.6 is 11.3 Å². The van der Waals surface area contributed by atoms with E-state index in [1.54, 1.807) is 6.92 Å². The number of carbonyl (C=O) groups excluding carboxylic acids is 1. The van der Waals surface area contributed by atoms with E-state index < -0.39 is 0 Å². The Morgan fingerprint density at radius 3 is 2.95 bits per heavy atom. The van der Waals surface area contributed by atoms with Gasteiger partial charge >= 0.3 is 5.97 Å². The molecule has 0 aliphatic carbocycles. The number of rotatable bonds is 9. The number of nitrogens with zero attached hydrogens (tertiary/aromatic N) is 2. The molecule has 1 rings (SSSR count). The summed E-state index contributed by atoms with van der Waals surface area (Å²) in [6.45, 7) is 4.12. The molecule has 108 valence electrons. The van der Waals surface area contributed by atoms with Gasteiger partial charge < -0.3 is 14.7 Å². The second kappa shape index (κ2) is 9.01. The number of ether oxygens (including phenoxy) is 1. The molecule has 0 atom stereocenters. The van der Waals surface area contributed by atoms with E-state index in [1.807, 2.05) is 12.4 Å². The Hall–Kier alpha value is -0.980. The van der Waals surface area contributed by atoms with Gasteiger partial charge in [-0.25, -0.2) is 9.78 Å². The van der Waals surface area contributed by atoms with Gasteiger partial charge in [-0.1, -0.05) is 0 Å². The number of aliphatic hydroxyl groups excluding tert-OH is 1. The van der Waals surface area contributed by atoms with Gasteiger partial charge in [-0.3, -0.25) is 0 Å². The zero-order valence-corrected chi connectivity index (χ0v) is 12.4.